The number of benzene rings is 1. The second-order valence-corrected chi connectivity index (χ2v) is 6.20. The van der Waals surface area contributed by atoms with E-state index < -0.39 is 28.5 Å². The van der Waals surface area contributed by atoms with Crippen LogP contribution in [0.15, 0.2) is 23.1 Å². The molecule has 0 aliphatic carbocycles. The molecule has 0 amide bonds. The SMILES string of the molecule is CCN(CC(=O)O)S(=O)(=O)c1cc(C(=O)OC)ccc1C. The lowest BCUT2D eigenvalue weighted by Crippen LogP contribution is -2.35. The van der Waals surface area contributed by atoms with Gasteiger partial charge in [-0.1, -0.05) is 13.0 Å². The van der Waals surface area contributed by atoms with Crippen molar-refractivity contribution in [1.82, 2.24) is 4.31 Å². The Bertz CT molecular complexity index is 653. The van der Waals surface area contributed by atoms with Gasteiger partial charge in [-0.2, -0.15) is 4.31 Å². The molecule has 0 radical (unpaired) electrons. The van der Waals surface area contributed by atoms with Crippen LogP contribution in [-0.2, 0) is 19.6 Å². The summed E-state index contributed by atoms with van der Waals surface area (Å²) in [4.78, 5) is 22.2. The molecule has 21 heavy (non-hydrogen) atoms. The van der Waals surface area contributed by atoms with Crippen LogP contribution in [0.1, 0.15) is 22.8 Å². The van der Waals surface area contributed by atoms with Crippen LogP contribution in [0.3, 0.4) is 0 Å². The number of sulfonamides is 1. The fraction of sp³-hybridized carbons (Fsp3) is 0.385. The predicted octanol–water partition coefficient (Wildman–Crippen LogP) is 0.877. The summed E-state index contributed by atoms with van der Waals surface area (Å²) in [6.45, 7) is 2.49. The molecule has 116 valence electrons. The molecule has 7 nitrogen and oxygen atoms in total. The molecule has 0 aromatic heterocycles. The lowest BCUT2D eigenvalue weighted by molar-refractivity contribution is -0.137. The molecule has 1 aromatic carbocycles. The van der Waals surface area contributed by atoms with Crippen molar-refractivity contribution >= 4 is 22.0 Å². The third-order valence-corrected chi connectivity index (χ3v) is 4.95. The molecule has 0 spiro atoms. The highest BCUT2D eigenvalue weighted by Crippen LogP contribution is 2.21. The zero-order valence-electron chi connectivity index (χ0n) is 12.0. The van der Waals surface area contributed by atoms with Crippen LogP contribution in [0.5, 0.6) is 0 Å². The van der Waals surface area contributed by atoms with Crippen LogP contribution in [0.2, 0.25) is 0 Å². The van der Waals surface area contributed by atoms with Crippen LogP contribution in [0, 0.1) is 6.92 Å². The van der Waals surface area contributed by atoms with Gasteiger partial charge >= 0.3 is 11.9 Å². The molecule has 1 aromatic rings. The molecular formula is C13H17NO6S. The van der Waals surface area contributed by atoms with E-state index in [4.69, 9.17) is 5.11 Å². The molecule has 1 rings (SSSR count). The Balaban J connectivity index is 3.35. The first-order chi connectivity index (χ1) is 9.73. The number of likely N-dealkylation sites (N-methyl/N-ethyl adjacent to an activating group) is 1. The van der Waals surface area contributed by atoms with Crippen LogP contribution in [0.25, 0.3) is 0 Å². The van der Waals surface area contributed by atoms with Crippen molar-refractivity contribution in [1.29, 1.82) is 0 Å². The predicted molar refractivity (Wildman–Crippen MR) is 74.6 cm³/mol. The molecule has 0 unspecified atom stereocenters. The van der Waals surface area contributed by atoms with E-state index in [-0.39, 0.29) is 17.0 Å². The number of carboxylic acids is 1. The van der Waals surface area contributed by atoms with E-state index >= 15 is 0 Å². The van der Waals surface area contributed by atoms with E-state index in [0.717, 1.165) is 4.31 Å². The van der Waals surface area contributed by atoms with Gasteiger partial charge in [0, 0.05) is 6.54 Å². The monoisotopic (exact) mass is 315 g/mol. The van der Waals surface area contributed by atoms with Gasteiger partial charge < -0.3 is 9.84 Å². The standard InChI is InChI=1S/C13H17NO6S/c1-4-14(8-12(15)16)21(18,19)11-7-10(13(17)20-3)6-5-9(11)2/h5-7H,4,8H2,1-3H3,(H,15,16). The van der Waals surface area contributed by atoms with Gasteiger partial charge in [0.15, 0.2) is 0 Å². The third kappa shape index (κ3) is 3.79. The van der Waals surface area contributed by atoms with Gasteiger partial charge in [0.25, 0.3) is 0 Å². The molecular weight excluding hydrogens is 298 g/mol. The summed E-state index contributed by atoms with van der Waals surface area (Å²) in [5, 5.41) is 8.80. The second-order valence-electron chi connectivity index (χ2n) is 4.30. The van der Waals surface area contributed by atoms with Crippen molar-refractivity contribution in [3.05, 3.63) is 29.3 Å². The summed E-state index contributed by atoms with van der Waals surface area (Å²) in [6.07, 6.45) is 0. The van der Waals surface area contributed by atoms with E-state index in [0.29, 0.717) is 5.56 Å². The van der Waals surface area contributed by atoms with Crippen molar-refractivity contribution < 1.29 is 27.9 Å². The van der Waals surface area contributed by atoms with Gasteiger partial charge in [0.05, 0.1) is 17.6 Å². The largest absolute Gasteiger partial charge is 0.480 e. The number of aryl methyl sites for hydroxylation is 1. The second kappa shape index (κ2) is 6.68. The highest BCUT2D eigenvalue weighted by Gasteiger charge is 2.27. The fourth-order valence-corrected chi connectivity index (χ4v) is 3.43. The molecule has 0 aliphatic heterocycles. The number of aliphatic carboxylic acids is 1. The maximum Gasteiger partial charge on any atom is 0.337 e. The Morgan fingerprint density at radius 1 is 1.33 bits per heavy atom. The van der Waals surface area contributed by atoms with Crippen molar-refractivity contribution in [2.75, 3.05) is 20.2 Å². The van der Waals surface area contributed by atoms with Crippen molar-refractivity contribution in [2.24, 2.45) is 0 Å². The summed E-state index contributed by atoms with van der Waals surface area (Å²) in [5.74, 6) is -1.91. The van der Waals surface area contributed by atoms with Gasteiger partial charge in [-0.3, -0.25) is 4.79 Å². The number of hydrogen-bond donors (Lipinski definition) is 1. The number of hydrogen-bond acceptors (Lipinski definition) is 5. The smallest absolute Gasteiger partial charge is 0.337 e. The van der Waals surface area contributed by atoms with E-state index in [1.54, 1.807) is 13.8 Å². The zero-order chi connectivity index (χ0) is 16.2. The third-order valence-electron chi connectivity index (χ3n) is 2.89. The molecule has 0 atom stereocenters. The van der Waals surface area contributed by atoms with Crippen molar-refractivity contribution in [3.8, 4) is 0 Å². The van der Waals surface area contributed by atoms with Gasteiger partial charge in [-0.05, 0) is 24.6 Å². The van der Waals surface area contributed by atoms with Gasteiger partial charge in [-0.25, -0.2) is 13.2 Å². The highest BCUT2D eigenvalue weighted by molar-refractivity contribution is 7.89. The molecule has 0 heterocycles. The maximum absolute atomic E-state index is 12.5. The molecule has 0 saturated carbocycles. The highest BCUT2D eigenvalue weighted by atomic mass is 32.2. The number of ether oxygens (including phenoxy) is 1. The number of carbonyl (C=O) groups is 2. The van der Waals surface area contributed by atoms with Crippen molar-refractivity contribution in [3.63, 3.8) is 0 Å². The Morgan fingerprint density at radius 3 is 2.43 bits per heavy atom. The lowest BCUT2D eigenvalue weighted by Gasteiger charge is -2.20. The van der Waals surface area contributed by atoms with Crippen LogP contribution >= 0.6 is 0 Å². The van der Waals surface area contributed by atoms with Gasteiger partial charge in [0.1, 0.15) is 6.54 Å². The van der Waals surface area contributed by atoms with Crippen LogP contribution in [-0.4, -0.2) is 50.0 Å². The van der Waals surface area contributed by atoms with E-state index in [2.05, 4.69) is 4.74 Å². The van der Waals surface area contributed by atoms with E-state index in [1.807, 2.05) is 0 Å². The molecule has 0 fully saturated rings. The maximum atomic E-state index is 12.5. The number of methoxy groups -OCH3 is 1. The number of esters is 1. The summed E-state index contributed by atoms with van der Waals surface area (Å²) in [7, 11) is -2.80. The summed E-state index contributed by atoms with van der Waals surface area (Å²) in [5.41, 5.74) is 0.513. The topological polar surface area (TPSA) is 101 Å². The first-order valence-electron chi connectivity index (χ1n) is 6.15. The van der Waals surface area contributed by atoms with E-state index in [1.165, 1.54) is 25.3 Å². The average Bonchev–Trinajstić information content (AvgIpc) is 2.43. The van der Waals surface area contributed by atoms with Crippen LogP contribution < -0.4 is 0 Å². The minimum absolute atomic E-state index is 0.0104. The molecule has 1 N–H and O–H groups in total. The minimum atomic E-state index is -4.00. The Hall–Kier alpha value is -1.93. The Morgan fingerprint density at radius 2 is 1.95 bits per heavy atom. The number of carboxylic acid groups (broad SMARTS) is 1. The van der Waals surface area contributed by atoms with Gasteiger partial charge in [0.2, 0.25) is 10.0 Å². The van der Waals surface area contributed by atoms with Crippen LogP contribution in [0.4, 0.5) is 0 Å². The number of nitrogens with zero attached hydrogens (tertiary/aromatic N) is 1. The number of carbonyl (C=O) groups excluding carboxylic acids is 1. The molecule has 0 bridgehead atoms. The Kier molecular flexibility index (Phi) is 5.45. The summed E-state index contributed by atoms with van der Waals surface area (Å²) >= 11 is 0. The quantitative estimate of drug-likeness (QED) is 0.782. The summed E-state index contributed by atoms with van der Waals surface area (Å²) < 4.78 is 30.4. The first-order valence-corrected chi connectivity index (χ1v) is 7.59. The molecule has 0 aliphatic rings. The normalized spacial score (nSPS) is 11.4. The fourth-order valence-electron chi connectivity index (χ4n) is 1.78. The molecule has 0 saturated heterocycles. The summed E-state index contributed by atoms with van der Waals surface area (Å²) in [6, 6.07) is 4.13. The Labute approximate surface area is 123 Å². The number of rotatable bonds is 6. The average molecular weight is 315 g/mol. The lowest BCUT2D eigenvalue weighted by atomic mass is 10.1. The molecule has 8 heteroatoms. The first kappa shape index (κ1) is 17.1. The van der Waals surface area contributed by atoms with Gasteiger partial charge in [-0.15, -0.1) is 0 Å². The van der Waals surface area contributed by atoms with E-state index in [9.17, 15) is 18.0 Å². The minimum Gasteiger partial charge on any atom is -0.480 e. The zero-order valence-corrected chi connectivity index (χ0v) is 12.8. The van der Waals surface area contributed by atoms with Crippen molar-refractivity contribution in [2.45, 2.75) is 18.7 Å².